The highest BCUT2D eigenvalue weighted by Gasteiger charge is 2.67. The highest BCUT2D eigenvalue weighted by Crippen LogP contribution is 2.71. The summed E-state index contributed by atoms with van der Waals surface area (Å²) < 4.78 is 20.8. The van der Waals surface area contributed by atoms with Crippen LogP contribution in [0, 0.1) is 46.3 Å². The molecular weight excluding hydrogens is 603 g/mol. The molecule has 1 aliphatic heterocycles. The average molecular weight is 677 g/mol. The van der Waals surface area contributed by atoms with Crippen molar-refractivity contribution in [3.63, 3.8) is 0 Å². The largest absolute Gasteiger partial charge is 0.464 e. The summed E-state index contributed by atoms with van der Waals surface area (Å²) in [6, 6.07) is 0. The molecule has 0 aromatic heterocycles. The highest BCUT2D eigenvalue weighted by atomic mass is 28.4. The smallest absolute Gasteiger partial charge is 0.414 e. The normalized spacial score (nSPS) is 44.3. The van der Waals surface area contributed by atoms with E-state index in [1.807, 2.05) is 0 Å². The predicted octanol–water partition coefficient (Wildman–Crippen LogP) is 12.3. The van der Waals surface area contributed by atoms with Crippen LogP contribution in [0.1, 0.15) is 159 Å². The summed E-state index contributed by atoms with van der Waals surface area (Å²) >= 11 is 0. The zero-order chi connectivity index (χ0) is 34.7. The Labute approximate surface area is 297 Å². The molecule has 7 atom stereocenters. The molecule has 0 aromatic carbocycles. The Bertz CT molecular complexity index is 1260. The third kappa shape index (κ3) is 5.50. The van der Waals surface area contributed by atoms with E-state index in [4.69, 9.17) is 20.3 Å². The van der Waals surface area contributed by atoms with Gasteiger partial charge in [-0.1, -0.05) is 90.5 Å². The van der Waals surface area contributed by atoms with Crippen molar-refractivity contribution in [3.05, 3.63) is 23.8 Å². The Morgan fingerprint density at radius 1 is 0.854 bits per heavy atom. The van der Waals surface area contributed by atoms with Crippen molar-refractivity contribution in [1.29, 1.82) is 0 Å². The lowest BCUT2D eigenvalue weighted by molar-refractivity contribution is -0.0468. The molecule has 0 bridgehead atoms. The Balaban J connectivity index is 1.05. The summed E-state index contributed by atoms with van der Waals surface area (Å²) in [6.07, 6.45) is 23.1. The van der Waals surface area contributed by atoms with E-state index < -0.39 is 8.32 Å². The van der Waals surface area contributed by atoms with Crippen molar-refractivity contribution in [2.75, 3.05) is 0 Å². The van der Waals surface area contributed by atoms with Gasteiger partial charge in [-0.3, -0.25) is 0 Å². The van der Waals surface area contributed by atoms with Gasteiger partial charge < -0.3 is 13.7 Å². The summed E-state index contributed by atoms with van der Waals surface area (Å²) in [6.45, 7) is 31.4. The van der Waals surface area contributed by atoms with Gasteiger partial charge in [-0.05, 0) is 156 Å². The third-order valence-electron chi connectivity index (χ3n) is 17.7. The van der Waals surface area contributed by atoms with E-state index in [9.17, 15) is 0 Å². The Hall–Kier alpha value is -0.358. The van der Waals surface area contributed by atoms with Gasteiger partial charge in [0.05, 0.1) is 11.2 Å². The molecular formula is C43H73BO3Si. The SMILES string of the molecule is C=C(C1CC(B2OC(C)(C)C(C)(C)O2)(C2CCCCC2)C1)C1CC[C@H]2[C@@H]3CC=C4C[C@@H](O[Si](C)(C)C(C)(C)C)CC[C@]4(C)[C@H]3CC[C@]12C. The summed E-state index contributed by atoms with van der Waals surface area (Å²) in [5.41, 5.74) is 3.65. The lowest BCUT2D eigenvalue weighted by atomic mass is 9.36. The molecule has 6 fully saturated rings. The molecule has 1 unspecified atom stereocenters. The summed E-state index contributed by atoms with van der Waals surface area (Å²) in [5.74, 6) is 4.60. The van der Waals surface area contributed by atoms with Gasteiger partial charge in [0.15, 0.2) is 8.32 Å². The first-order valence-electron chi connectivity index (χ1n) is 20.7. The van der Waals surface area contributed by atoms with Crippen LogP contribution in [0.25, 0.3) is 0 Å². The van der Waals surface area contributed by atoms with E-state index in [2.05, 4.69) is 81.5 Å². The minimum Gasteiger partial charge on any atom is -0.414 e. The molecule has 0 aromatic rings. The molecule has 3 nitrogen and oxygen atoms in total. The Kier molecular flexibility index (Phi) is 8.87. The molecule has 0 radical (unpaired) electrons. The molecule has 7 aliphatic rings. The van der Waals surface area contributed by atoms with Crippen molar-refractivity contribution in [2.45, 2.75) is 199 Å². The number of allylic oxidation sites excluding steroid dienone is 2. The topological polar surface area (TPSA) is 27.7 Å². The third-order valence-corrected chi connectivity index (χ3v) is 22.2. The van der Waals surface area contributed by atoms with Crippen LogP contribution in [-0.2, 0) is 13.7 Å². The van der Waals surface area contributed by atoms with Gasteiger partial charge in [-0.2, -0.15) is 0 Å². The van der Waals surface area contributed by atoms with Gasteiger partial charge >= 0.3 is 7.12 Å². The second-order valence-corrected chi connectivity index (χ2v) is 26.3. The number of fused-ring (bicyclic) bond motifs is 5. The van der Waals surface area contributed by atoms with E-state index in [0.29, 0.717) is 28.8 Å². The lowest BCUT2D eigenvalue weighted by Gasteiger charge is -2.59. The van der Waals surface area contributed by atoms with Crippen molar-refractivity contribution in [1.82, 2.24) is 0 Å². The van der Waals surface area contributed by atoms with Gasteiger partial charge in [0.1, 0.15) is 0 Å². The molecule has 1 saturated heterocycles. The fourth-order valence-electron chi connectivity index (χ4n) is 12.8. The lowest BCUT2D eigenvalue weighted by Crippen LogP contribution is -2.53. The maximum Gasteiger partial charge on any atom is 0.464 e. The second-order valence-electron chi connectivity index (χ2n) is 21.5. The predicted molar refractivity (Wildman–Crippen MR) is 204 cm³/mol. The molecule has 0 N–H and O–H groups in total. The highest BCUT2D eigenvalue weighted by molar-refractivity contribution is 6.74. The molecule has 1 heterocycles. The fraction of sp³-hybridized carbons (Fsp3) is 0.907. The maximum atomic E-state index is 7.02. The zero-order valence-corrected chi connectivity index (χ0v) is 34.2. The molecule has 7 rings (SSSR count). The Morgan fingerprint density at radius 3 is 2.12 bits per heavy atom. The van der Waals surface area contributed by atoms with E-state index >= 15 is 0 Å². The fourth-order valence-corrected chi connectivity index (χ4v) is 14.2. The van der Waals surface area contributed by atoms with Crippen molar-refractivity contribution >= 4 is 15.4 Å². The van der Waals surface area contributed by atoms with E-state index in [1.54, 1.807) is 11.1 Å². The summed E-state index contributed by atoms with van der Waals surface area (Å²) in [5, 5.41) is 0.446. The first-order chi connectivity index (χ1) is 22.2. The van der Waals surface area contributed by atoms with Crippen molar-refractivity contribution in [3.8, 4) is 0 Å². The van der Waals surface area contributed by atoms with Crippen LogP contribution in [0.4, 0.5) is 0 Å². The number of hydrogen-bond acceptors (Lipinski definition) is 3. The molecule has 5 heteroatoms. The van der Waals surface area contributed by atoms with E-state index in [0.717, 1.165) is 23.7 Å². The van der Waals surface area contributed by atoms with Crippen LogP contribution in [0.15, 0.2) is 23.8 Å². The van der Waals surface area contributed by atoms with Crippen LogP contribution < -0.4 is 0 Å². The monoisotopic (exact) mass is 677 g/mol. The molecule has 6 aliphatic carbocycles. The minimum absolute atomic E-state index is 0.0664. The van der Waals surface area contributed by atoms with Crippen LogP contribution >= 0.6 is 0 Å². The number of rotatable bonds is 6. The zero-order valence-electron chi connectivity index (χ0n) is 33.2. The molecule has 0 amide bonds. The van der Waals surface area contributed by atoms with Crippen LogP contribution in [0.5, 0.6) is 0 Å². The van der Waals surface area contributed by atoms with Crippen LogP contribution in [0.2, 0.25) is 23.4 Å². The first-order valence-corrected chi connectivity index (χ1v) is 23.6. The van der Waals surface area contributed by atoms with Crippen molar-refractivity contribution < 1.29 is 13.7 Å². The molecule has 5 saturated carbocycles. The van der Waals surface area contributed by atoms with Crippen LogP contribution in [0.3, 0.4) is 0 Å². The van der Waals surface area contributed by atoms with Crippen LogP contribution in [-0.4, -0.2) is 32.7 Å². The molecule has 270 valence electrons. The van der Waals surface area contributed by atoms with Gasteiger partial charge in [0.2, 0.25) is 0 Å². The van der Waals surface area contributed by atoms with E-state index in [1.165, 1.54) is 96.3 Å². The first kappa shape index (κ1) is 36.0. The Morgan fingerprint density at radius 2 is 1.50 bits per heavy atom. The molecule has 48 heavy (non-hydrogen) atoms. The van der Waals surface area contributed by atoms with Gasteiger partial charge in [-0.15, -0.1) is 0 Å². The van der Waals surface area contributed by atoms with Gasteiger partial charge in [-0.25, -0.2) is 0 Å². The molecule has 0 spiro atoms. The average Bonchev–Trinajstić information content (AvgIpc) is 3.43. The minimum atomic E-state index is -1.75. The quantitative estimate of drug-likeness (QED) is 0.207. The summed E-state index contributed by atoms with van der Waals surface area (Å²) in [7, 11) is -1.82. The second kappa shape index (κ2) is 11.8. The van der Waals surface area contributed by atoms with Crippen molar-refractivity contribution in [2.24, 2.45) is 46.3 Å². The standard InChI is InChI=1S/C43H73BO3Si/c1-29(30-27-43(28-30,31-16-14-13-15-17-31)44-46-39(5,6)40(7,8)47-44)35-20-21-36-34-19-18-32-26-33(45-48(11,12)38(2,3)4)22-24-41(32,9)37(34)23-25-42(35,36)10/h18,30-31,33-37H,1,13-17,19-28H2,2-12H3/t30?,33-,34-,35?,36-,37-,41-,42+,43?/m0/s1. The van der Waals surface area contributed by atoms with Gasteiger partial charge in [0.25, 0.3) is 0 Å². The van der Waals surface area contributed by atoms with E-state index in [-0.39, 0.29) is 28.7 Å². The number of hydrogen-bond donors (Lipinski definition) is 0. The van der Waals surface area contributed by atoms with Gasteiger partial charge in [0, 0.05) is 11.4 Å². The maximum absolute atomic E-state index is 7.02. The summed E-state index contributed by atoms with van der Waals surface area (Å²) in [4.78, 5) is 0.